The Balaban J connectivity index is 1.81. The minimum Gasteiger partial charge on any atom is -0.366 e. The maximum absolute atomic E-state index is 14.3. The summed E-state index contributed by atoms with van der Waals surface area (Å²) in [5.41, 5.74) is -7.78. The van der Waals surface area contributed by atoms with Gasteiger partial charge < -0.3 is 19.6 Å². The highest BCUT2D eigenvalue weighted by Crippen LogP contribution is 2.54. The van der Waals surface area contributed by atoms with E-state index in [1.807, 2.05) is 0 Å². The number of alkyl halides is 9. The fourth-order valence-electron chi connectivity index (χ4n) is 3.74. The van der Waals surface area contributed by atoms with E-state index in [2.05, 4.69) is 24.7 Å². The minimum absolute atomic E-state index is 0.0308. The van der Waals surface area contributed by atoms with E-state index >= 15 is 0 Å². The molecule has 3 aromatic heterocycles. The van der Waals surface area contributed by atoms with Gasteiger partial charge >= 0.3 is 26.4 Å². The van der Waals surface area contributed by atoms with Crippen LogP contribution < -0.4 is 5.32 Å². The first-order valence-corrected chi connectivity index (χ1v) is 13.0. The number of hydrogen-bond acceptors (Lipinski definition) is 8. The summed E-state index contributed by atoms with van der Waals surface area (Å²) in [7, 11) is -6.55. The molecule has 4 aromatic rings. The van der Waals surface area contributed by atoms with Gasteiger partial charge in [0.1, 0.15) is 34.8 Å². The Labute approximate surface area is 237 Å². The quantitative estimate of drug-likeness (QED) is 0.153. The standard InChI is InChI=1S/C22H15F10N6O5P/c23-13-4-2-1-3-11(13)9-38-16(14-5-6-42-37-14)7-15(36-38)18-33-8-12(20(24,25)26)17(35-18)34-10-19(21(27,28)29,22(30,31)32)43-44(39,40)41/h1-8H,9-10H2,(H,33,34,35)(H2,39,40,41). The van der Waals surface area contributed by atoms with E-state index in [9.17, 15) is 48.5 Å². The third-order valence-electron chi connectivity index (χ3n) is 5.78. The van der Waals surface area contributed by atoms with Crippen LogP contribution in [0, 0.1) is 5.82 Å². The van der Waals surface area contributed by atoms with E-state index in [-0.39, 0.29) is 35.4 Å². The molecular formula is C22H15F10N6O5P. The van der Waals surface area contributed by atoms with Gasteiger partial charge in [0.25, 0.3) is 5.60 Å². The van der Waals surface area contributed by atoms with Crippen molar-refractivity contribution in [1.82, 2.24) is 24.9 Å². The van der Waals surface area contributed by atoms with Crippen LogP contribution in [0.2, 0.25) is 0 Å². The van der Waals surface area contributed by atoms with Gasteiger partial charge in [-0.1, -0.05) is 23.4 Å². The molecule has 0 aliphatic heterocycles. The Bertz CT molecular complexity index is 1650. The molecule has 0 aliphatic rings. The zero-order chi connectivity index (χ0) is 32.7. The zero-order valence-electron chi connectivity index (χ0n) is 21.1. The highest BCUT2D eigenvalue weighted by molar-refractivity contribution is 7.46. The number of aromatic nitrogens is 5. The molecule has 0 amide bonds. The van der Waals surface area contributed by atoms with E-state index in [0.717, 1.165) is 23.1 Å². The van der Waals surface area contributed by atoms with Gasteiger partial charge in [0, 0.05) is 17.8 Å². The molecular weight excluding hydrogens is 649 g/mol. The molecule has 0 aliphatic carbocycles. The van der Waals surface area contributed by atoms with Crippen LogP contribution in [0.4, 0.5) is 49.7 Å². The normalized spacial score (nSPS) is 13.4. The number of phosphoric acid groups is 1. The van der Waals surface area contributed by atoms with Gasteiger partial charge in [-0.2, -0.15) is 44.6 Å². The highest BCUT2D eigenvalue weighted by Gasteiger charge is 2.74. The molecule has 0 saturated carbocycles. The first-order chi connectivity index (χ1) is 20.2. The number of benzene rings is 1. The van der Waals surface area contributed by atoms with Crippen LogP contribution in [0.25, 0.3) is 22.9 Å². The average molecular weight is 664 g/mol. The van der Waals surface area contributed by atoms with Crippen LogP contribution >= 0.6 is 7.82 Å². The molecule has 0 bridgehead atoms. The van der Waals surface area contributed by atoms with Gasteiger partial charge in [-0.05, 0) is 12.1 Å². The lowest BCUT2D eigenvalue weighted by Crippen LogP contribution is -2.62. The minimum atomic E-state index is -6.61. The lowest BCUT2D eigenvalue weighted by Gasteiger charge is -2.36. The number of nitrogens with one attached hydrogen (secondary N) is 1. The molecule has 0 saturated heterocycles. The summed E-state index contributed by atoms with van der Waals surface area (Å²) < 4.78 is 157. The third-order valence-corrected chi connectivity index (χ3v) is 6.33. The molecule has 44 heavy (non-hydrogen) atoms. The summed E-state index contributed by atoms with van der Waals surface area (Å²) in [6.45, 7) is -3.00. The molecule has 0 fully saturated rings. The molecule has 4 rings (SSSR count). The molecule has 1 aromatic carbocycles. The maximum atomic E-state index is 14.3. The van der Waals surface area contributed by atoms with E-state index in [4.69, 9.17) is 14.3 Å². The van der Waals surface area contributed by atoms with E-state index in [0.29, 0.717) is 0 Å². The summed E-state index contributed by atoms with van der Waals surface area (Å²) in [6.07, 6.45) is -17.5. The topological polar surface area (TPSA) is 148 Å². The second-order valence-electron chi connectivity index (χ2n) is 8.76. The molecule has 11 nitrogen and oxygen atoms in total. The summed E-state index contributed by atoms with van der Waals surface area (Å²) >= 11 is 0. The lowest BCUT2D eigenvalue weighted by molar-refractivity contribution is -0.355. The van der Waals surface area contributed by atoms with Crippen molar-refractivity contribution in [2.45, 2.75) is 30.7 Å². The lowest BCUT2D eigenvalue weighted by atomic mass is 10.0. The fourth-order valence-corrected chi connectivity index (χ4v) is 4.42. The van der Waals surface area contributed by atoms with E-state index in [1.165, 1.54) is 29.6 Å². The molecule has 3 N–H and O–H groups in total. The van der Waals surface area contributed by atoms with Gasteiger partial charge in [0.05, 0.1) is 18.8 Å². The SMILES string of the molecule is O=P(O)(O)OC(CNc1nc(-c2cc(-c3ccon3)n(Cc3ccccc3F)n2)ncc1C(F)(F)F)(C(F)(F)F)C(F)(F)F. The largest absolute Gasteiger partial charge is 0.470 e. The predicted octanol–water partition coefficient (Wildman–Crippen LogP) is 5.59. The van der Waals surface area contributed by atoms with Crippen molar-refractivity contribution in [3.63, 3.8) is 0 Å². The second kappa shape index (κ2) is 11.5. The van der Waals surface area contributed by atoms with Crippen molar-refractivity contribution in [2.24, 2.45) is 0 Å². The maximum Gasteiger partial charge on any atom is 0.470 e. The second-order valence-corrected chi connectivity index (χ2v) is 9.92. The molecule has 0 radical (unpaired) electrons. The summed E-state index contributed by atoms with van der Waals surface area (Å²) in [5, 5.41) is 8.99. The molecule has 0 unspecified atom stereocenters. The van der Waals surface area contributed by atoms with Crippen molar-refractivity contribution in [3.05, 3.63) is 65.8 Å². The van der Waals surface area contributed by atoms with Crippen LogP contribution in [0.3, 0.4) is 0 Å². The first kappa shape index (κ1) is 32.8. The predicted molar refractivity (Wildman–Crippen MR) is 126 cm³/mol. The van der Waals surface area contributed by atoms with Gasteiger partial charge in [-0.15, -0.1) is 0 Å². The summed E-state index contributed by atoms with van der Waals surface area (Å²) in [5.74, 6) is -3.08. The van der Waals surface area contributed by atoms with Crippen LogP contribution in [0.1, 0.15) is 11.1 Å². The fraction of sp³-hybridized carbons (Fsp3) is 0.273. The van der Waals surface area contributed by atoms with Crippen LogP contribution in [-0.4, -0.2) is 59.2 Å². The van der Waals surface area contributed by atoms with E-state index < -0.39 is 61.5 Å². The van der Waals surface area contributed by atoms with Crippen molar-refractivity contribution in [3.8, 4) is 22.9 Å². The number of phosphoric ester groups is 1. The number of hydrogen-bond donors (Lipinski definition) is 3. The van der Waals surface area contributed by atoms with Crippen molar-refractivity contribution in [2.75, 3.05) is 11.9 Å². The molecule has 22 heteroatoms. The Morgan fingerprint density at radius 2 is 1.64 bits per heavy atom. The number of rotatable bonds is 9. The molecule has 0 atom stereocenters. The number of nitrogens with zero attached hydrogens (tertiary/aromatic N) is 5. The summed E-state index contributed by atoms with van der Waals surface area (Å²) in [6, 6.07) is 7.85. The molecule has 238 valence electrons. The molecule has 3 heterocycles. The Morgan fingerprint density at radius 1 is 0.977 bits per heavy atom. The van der Waals surface area contributed by atoms with Crippen LogP contribution in [-0.2, 0) is 21.8 Å². The average Bonchev–Trinajstić information content (AvgIpc) is 3.55. The van der Waals surface area contributed by atoms with Gasteiger partial charge in [0.2, 0.25) is 0 Å². The van der Waals surface area contributed by atoms with Gasteiger partial charge in [-0.3, -0.25) is 9.21 Å². The van der Waals surface area contributed by atoms with Crippen LogP contribution in [0.5, 0.6) is 0 Å². The first-order valence-electron chi connectivity index (χ1n) is 11.5. The summed E-state index contributed by atoms with van der Waals surface area (Å²) in [4.78, 5) is 24.5. The Morgan fingerprint density at radius 3 is 2.18 bits per heavy atom. The van der Waals surface area contributed by atoms with Crippen LogP contribution in [0.15, 0.2) is 53.4 Å². The smallest absolute Gasteiger partial charge is 0.366 e. The number of anilines is 1. The highest BCUT2D eigenvalue weighted by atomic mass is 31.2. The number of halogens is 10. The third kappa shape index (κ3) is 6.85. The van der Waals surface area contributed by atoms with Gasteiger partial charge in [0.15, 0.2) is 5.82 Å². The van der Waals surface area contributed by atoms with E-state index in [1.54, 1.807) is 0 Å². The zero-order valence-corrected chi connectivity index (χ0v) is 22.0. The monoisotopic (exact) mass is 664 g/mol. The van der Waals surface area contributed by atoms with Gasteiger partial charge in [-0.25, -0.2) is 18.9 Å². The Kier molecular flexibility index (Phi) is 8.55. The van der Waals surface area contributed by atoms with Crippen molar-refractivity contribution in [1.29, 1.82) is 0 Å². The van der Waals surface area contributed by atoms with Crippen molar-refractivity contribution >= 4 is 13.6 Å². The molecule has 0 spiro atoms. The van der Waals surface area contributed by atoms with Crippen molar-refractivity contribution < 1.29 is 67.3 Å². The Hall–Kier alpha value is -4.07.